The van der Waals surface area contributed by atoms with Crippen LogP contribution in [0.15, 0.2) is 41.8 Å². The van der Waals surface area contributed by atoms with Crippen molar-refractivity contribution in [3.8, 4) is 11.3 Å². The van der Waals surface area contributed by atoms with Gasteiger partial charge in [-0.15, -0.1) is 0 Å². The van der Waals surface area contributed by atoms with Crippen LogP contribution in [0.5, 0.6) is 0 Å². The van der Waals surface area contributed by atoms with Crippen LogP contribution in [-0.2, 0) is 6.54 Å². The maximum absolute atomic E-state index is 4.72. The maximum atomic E-state index is 4.72. The summed E-state index contributed by atoms with van der Waals surface area (Å²) < 4.78 is 4.64. The number of rotatable bonds is 4. The van der Waals surface area contributed by atoms with Gasteiger partial charge in [-0.05, 0) is 32.0 Å². The molecule has 3 aromatic rings. The number of nitrogens with zero attached hydrogens (tertiary/aromatic N) is 7. The second-order valence-electron chi connectivity index (χ2n) is 5.88. The molecule has 0 N–H and O–H groups in total. The Kier molecular flexibility index (Phi) is 4.20. The highest BCUT2D eigenvalue weighted by molar-refractivity contribution is 5.55. The molecule has 0 radical (unpaired) electrons. The topological polar surface area (TPSA) is 93.7 Å². The molecule has 0 unspecified atom stereocenters. The molecule has 0 aliphatic carbocycles. The standard InChI is InChI=1S/C16H17N7O/c1-4-19-16(21-15(1)13-7-17-11-18-8-13)12-2-5-23(6-3-12)10-14-9-20-24-22-14/h1,4,7-9,11-12H,2-3,5-6,10H2. The number of hydrogen-bond acceptors (Lipinski definition) is 8. The Morgan fingerprint density at radius 1 is 1.12 bits per heavy atom. The van der Waals surface area contributed by atoms with Crippen molar-refractivity contribution < 1.29 is 4.63 Å². The van der Waals surface area contributed by atoms with Gasteiger partial charge in [-0.3, -0.25) is 4.90 Å². The highest BCUT2D eigenvalue weighted by atomic mass is 16.6. The lowest BCUT2D eigenvalue weighted by molar-refractivity contribution is 0.195. The largest absolute Gasteiger partial charge is 0.297 e. The van der Waals surface area contributed by atoms with Gasteiger partial charge in [0.2, 0.25) is 0 Å². The van der Waals surface area contributed by atoms with Crippen LogP contribution < -0.4 is 0 Å². The highest BCUT2D eigenvalue weighted by Gasteiger charge is 2.23. The van der Waals surface area contributed by atoms with E-state index >= 15 is 0 Å². The SMILES string of the molecule is c1ncc(-c2ccnc(C3CCN(Cc4cnon4)CC3)n2)cn1. The maximum Gasteiger partial charge on any atom is 0.132 e. The van der Waals surface area contributed by atoms with E-state index in [0.29, 0.717) is 5.92 Å². The minimum atomic E-state index is 0.376. The molecule has 0 amide bonds. The minimum absolute atomic E-state index is 0.376. The lowest BCUT2D eigenvalue weighted by Crippen LogP contribution is -2.33. The van der Waals surface area contributed by atoms with Crippen molar-refractivity contribution in [1.82, 2.24) is 35.1 Å². The monoisotopic (exact) mass is 323 g/mol. The van der Waals surface area contributed by atoms with Crippen molar-refractivity contribution in [3.05, 3.63) is 48.7 Å². The molecule has 4 rings (SSSR count). The molecule has 1 saturated heterocycles. The van der Waals surface area contributed by atoms with Crippen molar-refractivity contribution in [3.63, 3.8) is 0 Å². The Hall–Kier alpha value is -2.74. The first-order valence-electron chi connectivity index (χ1n) is 7.95. The Morgan fingerprint density at radius 2 is 1.96 bits per heavy atom. The van der Waals surface area contributed by atoms with Crippen molar-refractivity contribution in [2.24, 2.45) is 0 Å². The molecule has 24 heavy (non-hydrogen) atoms. The molecule has 8 heteroatoms. The second-order valence-corrected chi connectivity index (χ2v) is 5.88. The molecule has 1 fully saturated rings. The van der Waals surface area contributed by atoms with Gasteiger partial charge < -0.3 is 0 Å². The average Bonchev–Trinajstić information content (AvgIpc) is 3.16. The number of hydrogen-bond donors (Lipinski definition) is 0. The van der Waals surface area contributed by atoms with Crippen LogP contribution in [0.1, 0.15) is 30.3 Å². The first kappa shape index (κ1) is 14.8. The van der Waals surface area contributed by atoms with E-state index in [1.165, 1.54) is 6.33 Å². The van der Waals surface area contributed by atoms with Crippen LogP contribution in [0.4, 0.5) is 0 Å². The summed E-state index contributed by atoms with van der Waals surface area (Å²) in [6, 6.07) is 1.90. The molecule has 0 bridgehead atoms. The molecule has 0 aromatic carbocycles. The summed E-state index contributed by atoms with van der Waals surface area (Å²) >= 11 is 0. The zero-order chi connectivity index (χ0) is 16.2. The average molecular weight is 323 g/mol. The van der Waals surface area contributed by atoms with Crippen LogP contribution in [0, 0.1) is 0 Å². The van der Waals surface area contributed by atoms with Gasteiger partial charge in [-0.1, -0.05) is 10.3 Å². The molecular weight excluding hydrogens is 306 g/mol. The third kappa shape index (κ3) is 3.28. The van der Waals surface area contributed by atoms with Gasteiger partial charge in [0.1, 0.15) is 17.8 Å². The summed E-state index contributed by atoms with van der Waals surface area (Å²) in [6.45, 7) is 2.75. The van der Waals surface area contributed by atoms with Crippen molar-refractivity contribution in [1.29, 1.82) is 0 Å². The van der Waals surface area contributed by atoms with Crippen LogP contribution in [0.2, 0.25) is 0 Å². The summed E-state index contributed by atoms with van der Waals surface area (Å²) in [5, 5.41) is 7.51. The Morgan fingerprint density at radius 3 is 2.71 bits per heavy atom. The third-order valence-electron chi connectivity index (χ3n) is 4.28. The van der Waals surface area contributed by atoms with Gasteiger partial charge in [-0.2, -0.15) is 0 Å². The third-order valence-corrected chi connectivity index (χ3v) is 4.28. The summed E-state index contributed by atoms with van der Waals surface area (Å²) in [7, 11) is 0. The summed E-state index contributed by atoms with van der Waals surface area (Å²) in [5.74, 6) is 1.28. The summed E-state index contributed by atoms with van der Waals surface area (Å²) in [5.41, 5.74) is 2.66. The van der Waals surface area contributed by atoms with E-state index in [0.717, 1.165) is 55.3 Å². The van der Waals surface area contributed by atoms with Crippen molar-refractivity contribution >= 4 is 0 Å². The predicted octanol–water partition coefficient (Wildman–Crippen LogP) is 1.70. The van der Waals surface area contributed by atoms with E-state index in [2.05, 4.69) is 34.8 Å². The second kappa shape index (κ2) is 6.79. The van der Waals surface area contributed by atoms with Gasteiger partial charge >= 0.3 is 0 Å². The molecular formula is C16H17N7O. The fourth-order valence-corrected chi connectivity index (χ4v) is 2.99. The van der Waals surface area contributed by atoms with Gasteiger partial charge in [0.05, 0.1) is 11.9 Å². The summed E-state index contributed by atoms with van der Waals surface area (Å²) in [6.07, 6.45) is 10.6. The Balaban J connectivity index is 1.42. The van der Waals surface area contributed by atoms with Crippen LogP contribution >= 0.6 is 0 Å². The normalized spacial score (nSPS) is 16.3. The smallest absolute Gasteiger partial charge is 0.132 e. The molecule has 1 aliphatic heterocycles. The van der Waals surface area contributed by atoms with Gasteiger partial charge in [0, 0.05) is 36.6 Å². The van der Waals surface area contributed by atoms with Crippen molar-refractivity contribution in [2.75, 3.05) is 13.1 Å². The zero-order valence-electron chi connectivity index (χ0n) is 13.1. The molecule has 0 saturated carbocycles. The van der Waals surface area contributed by atoms with E-state index < -0.39 is 0 Å². The fourth-order valence-electron chi connectivity index (χ4n) is 2.99. The lowest BCUT2D eigenvalue weighted by atomic mass is 9.95. The number of likely N-dealkylation sites (tertiary alicyclic amines) is 1. The van der Waals surface area contributed by atoms with E-state index in [-0.39, 0.29) is 0 Å². The first-order valence-corrected chi connectivity index (χ1v) is 7.95. The fraction of sp³-hybridized carbons (Fsp3) is 0.375. The molecule has 4 heterocycles. The Labute approximate surface area is 139 Å². The van der Waals surface area contributed by atoms with Gasteiger partial charge in [0.25, 0.3) is 0 Å². The quantitative estimate of drug-likeness (QED) is 0.716. The molecule has 1 aliphatic rings. The van der Waals surface area contributed by atoms with Gasteiger partial charge in [-0.25, -0.2) is 24.6 Å². The number of aromatic nitrogens is 6. The van der Waals surface area contributed by atoms with Crippen molar-refractivity contribution in [2.45, 2.75) is 25.3 Å². The van der Waals surface area contributed by atoms with E-state index in [1.54, 1.807) is 18.6 Å². The molecule has 8 nitrogen and oxygen atoms in total. The highest BCUT2D eigenvalue weighted by Crippen LogP contribution is 2.27. The van der Waals surface area contributed by atoms with Crippen LogP contribution in [0.3, 0.4) is 0 Å². The minimum Gasteiger partial charge on any atom is -0.297 e. The van der Waals surface area contributed by atoms with E-state index in [9.17, 15) is 0 Å². The first-order chi connectivity index (χ1) is 11.9. The summed E-state index contributed by atoms with van der Waals surface area (Å²) in [4.78, 5) is 19.7. The van der Waals surface area contributed by atoms with Crippen LogP contribution in [0.25, 0.3) is 11.3 Å². The van der Waals surface area contributed by atoms with E-state index in [1.807, 2.05) is 12.3 Å². The van der Waals surface area contributed by atoms with Gasteiger partial charge in [0.15, 0.2) is 0 Å². The van der Waals surface area contributed by atoms with Crippen LogP contribution in [-0.4, -0.2) is 48.2 Å². The molecule has 3 aromatic heterocycles. The lowest BCUT2D eigenvalue weighted by Gasteiger charge is -2.30. The predicted molar refractivity (Wildman–Crippen MR) is 84.6 cm³/mol. The number of piperidine rings is 1. The Bertz CT molecular complexity index is 770. The zero-order valence-corrected chi connectivity index (χ0v) is 13.1. The van der Waals surface area contributed by atoms with E-state index in [4.69, 9.17) is 4.98 Å². The molecule has 0 spiro atoms. The molecule has 0 atom stereocenters. The molecule has 122 valence electrons.